The van der Waals surface area contributed by atoms with Crippen LogP contribution in [0.1, 0.15) is 0 Å². The average molecular weight is 1040 g/mol. The van der Waals surface area contributed by atoms with Gasteiger partial charge in [0.1, 0.15) is 42.7 Å². The van der Waals surface area contributed by atoms with Crippen molar-refractivity contribution in [2.75, 3.05) is 19.8 Å². The summed E-state index contributed by atoms with van der Waals surface area (Å²) >= 11 is 0. The SMILES string of the molecule is O=S(=O)([O-])OC[C@H]1O[C@@H](O[C@H]2[C@H](OS(=O)(=O)[O-])[C@@H](COS(=O)(=O)[O-])O[C@@H]2COS(=O)(=O)[O-])[C@H](OS(=O)(=O)[O-])[C@@H](OS(=O)(=O)[O-])[C@@H]1OS(=O)(=O)[O-].[Na+].[Na+].[Na+].[Na+].[Na+].[Na+].[Na+]. The molecular formula is C12H15Na7O31S7. The molecule has 0 aromatic rings. The fourth-order valence-electron chi connectivity index (χ4n) is 3.95. The van der Waals surface area contributed by atoms with Gasteiger partial charge in [-0.15, -0.1) is 0 Å². The van der Waals surface area contributed by atoms with Crippen LogP contribution in [0.3, 0.4) is 0 Å². The normalized spacial score (nSPS) is 27.0. The Morgan fingerprint density at radius 1 is 0.333 bits per heavy atom. The van der Waals surface area contributed by atoms with Crippen LogP contribution >= 0.6 is 0 Å². The van der Waals surface area contributed by atoms with E-state index in [0.717, 1.165) is 0 Å². The van der Waals surface area contributed by atoms with Crippen molar-refractivity contribution in [3.05, 3.63) is 0 Å². The number of hydrogen-bond acceptors (Lipinski definition) is 31. The molecule has 2 aliphatic rings. The summed E-state index contributed by atoms with van der Waals surface area (Å²) in [7, 11) is -42.4. The molecule has 0 bridgehead atoms. The van der Waals surface area contributed by atoms with Crippen molar-refractivity contribution in [3.8, 4) is 0 Å². The molecule has 2 aliphatic heterocycles. The number of rotatable bonds is 19. The van der Waals surface area contributed by atoms with Gasteiger partial charge in [-0.3, -0.25) is 29.3 Å². The number of ether oxygens (including phenoxy) is 3. The molecule has 9 atom stereocenters. The summed E-state index contributed by atoms with van der Waals surface area (Å²) in [5.74, 6) is 0. The molecule has 0 N–H and O–H groups in total. The second-order valence-corrected chi connectivity index (χ2v) is 16.0. The third-order valence-corrected chi connectivity index (χ3v) is 8.44. The largest absolute Gasteiger partial charge is 1.00 e. The minimum atomic E-state index is -6.35. The molecule has 0 aliphatic carbocycles. The maximum Gasteiger partial charge on any atom is 1.00 e. The molecule has 2 rings (SSSR count). The first kappa shape index (κ1) is 74.5. The van der Waals surface area contributed by atoms with Crippen LogP contribution in [0.2, 0.25) is 0 Å². The quantitative estimate of drug-likeness (QED) is 0.0658. The van der Waals surface area contributed by atoms with Gasteiger partial charge in [-0.25, -0.2) is 58.9 Å². The molecule has 298 valence electrons. The van der Waals surface area contributed by atoms with Crippen molar-refractivity contribution in [2.45, 2.75) is 55.1 Å². The van der Waals surface area contributed by atoms with Gasteiger partial charge in [0, 0.05) is 0 Å². The van der Waals surface area contributed by atoms with Crippen LogP contribution in [0.5, 0.6) is 0 Å². The second kappa shape index (κ2) is 29.8. The summed E-state index contributed by atoms with van der Waals surface area (Å²) in [5.41, 5.74) is 0. The zero-order valence-corrected chi connectivity index (χ0v) is 49.5. The first-order chi connectivity index (χ1) is 22.1. The monoisotopic (exact) mass is 1040 g/mol. The summed E-state index contributed by atoms with van der Waals surface area (Å²) in [6, 6.07) is 0. The molecule has 0 amide bonds. The van der Waals surface area contributed by atoms with E-state index in [0.29, 0.717) is 0 Å². The summed E-state index contributed by atoms with van der Waals surface area (Å²) in [4.78, 5) is 0. The molecule has 2 heterocycles. The Morgan fingerprint density at radius 2 is 0.579 bits per heavy atom. The summed E-state index contributed by atoms with van der Waals surface area (Å²) in [6.45, 7) is -5.32. The number of hydrogen-bond donors (Lipinski definition) is 0. The molecule has 0 aromatic carbocycles. The fourth-order valence-corrected chi connectivity index (χ4v) is 6.83. The molecular weight excluding hydrogens is 1030 g/mol. The van der Waals surface area contributed by atoms with Crippen LogP contribution in [0.4, 0.5) is 0 Å². The maximum absolute atomic E-state index is 11.6. The van der Waals surface area contributed by atoms with Gasteiger partial charge in [0.05, 0.1) is 19.8 Å². The predicted octanol–water partition coefficient (Wildman–Crippen LogP) is -29.3. The van der Waals surface area contributed by atoms with E-state index in [1.165, 1.54) is 0 Å². The Balaban J connectivity index is -0.000000929. The molecule has 2 saturated heterocycles. The van der Waals surface area contributed by atoms with Crippen LogP contribution in [0, 0.1) is 0 Å². The molecule has 0 spiro atoms. The summed E-state index contributed by atoms with van der Waals surface area (Å²) in [6.07, 6.45) is -26.4. The van der Waals surface area contributed by atoms with Gasteiger partial charge in [0.2, 0.25) is 72.8 Å². The zero-order chi connectivity index (χ0) is 38.9. The third kappa shape index (κ3) is 31.6. The maximum atomic E-state index is 11.6. The fraction of sp³-hybridized carbons (Fsp3) is 1.00. The van der Waals surface area contributed by atoms with E-state index in [9.17, 15) is 90.8 Å². The Hall–Kier alpha value is 5.97. The topological polar surface area (TPSA) is 493 Å². The van der Waals surface area contributed by atoms with Gasteiger partial charge in [-0.1, -0.05) is 0 Å². The second-order valence-electron chi connectivity index (χ2n) is 8.81. The van der Waals surface area contributed by atoms with E-state index in [1.54, 1.807) is 0 Å². The van der Waals surface area contributed by atoms with Gasteiger partial charge in [-0.2, -0.15) is 0 Å². The summed E-state index contributed by atoms with van der Waals surface area (Å²) < 4.78 is 279. The first-order valence-corrected chi connectivity index (χ1v) is 20.8. The van der Waals surface area contributed by atoms with Crippen molar-refractivity contribution in [2.24, 2.45) is 0 Å². The van der Waals surface area contributed by atoms with Crippen LogP contribution in [0.25, 0.3) is 0 Å². The smallest absolute Gasteiger partial charge is 0.726 e. The van der Waals surface area contributed by atoms with Crippen molar-refractivity contribution >= 4 is 72.8 Å². The Morgan fingerprint density at radius 3 is 0.877 bits per heavy atom. The molecule has 0 radical (unpaired) electrons. The van der Waals surface area contributed by atoms with Crippen molar-refractivity contribution in [3.63, 3.8) is 0 Å². The van der Waals surface area contributed by atoms with Gasteiger partial charge >= 0.3 is 207 Å². The Bertz CT molecular complexity index is 2000. The van der Waals surface area contributed by atoms with E-state index in [1.807, 2.05) is 0 Å². The molecule has 0 aromatic heterocycles. The molecule has 2 fully saturated rings. The van der Waals surface area contributed by atoms with Crippen molar-refractivity contribution in [1.29, 1.82) is 0 Å². The van der Waals surface area contributed by atoms with Gasteiger partial charge in [-0.05, 0) is 0 Å². The van der Waals surface area contributed by atoms with Crippen LogP contribution in [-0.4, -0.2) is 166 Å². The van der Waals surface area contributed by atoms with E-state index in [4.69, 9.17) is 14.2 Å². The standard InChI is InChI=1S/C12H22O31S7.7Na/c13-44(14,15)34-1-4-7(8(40-47(22,23)24)5(37-4)2-35-45(16,17)18)39-12-11(43-50(31,32)33)10(42-49(28,29)30)9(41-48(25,26)27)6(38-12)3-36-46(19,20)21;;;;;;;/h4-12H,1-3H2,(H,13,14,15)(H,16,17,18)(H,19,20,21)(H,22,23,24)(H,25,26,27)(H,28,29,30)(H,31,32,33);;;;;;;/q;7*+1/p-7/t4-,5-,6-,7-,8-,9-,10+,11-,12+;;;;;;;/m1......./s1. The van der Waals surface area contributed by atoms with Gasteiger partial charge < -0.3 is 46.1 Å². The Kier molecular flexibility index (Phi) is 38.9. The van der Waals surface area contributed by atoms with E-state index < -0.39 is 148 Å². The Labute approximate surface area is 480 Å². The van der Waals surface area contributed by atoms with Crippen molar-refractivity contribution < 1.29 is 341 Å². The minimum Gasteiger partial charge on any atom is -0.726 e. The van der Waals surface area contributed by atoms with E-state index in [-0.39, 0.29) is 207 Å². The average Bonchev–Trinajstić information content (AvgIpc) is 3.14. The summed E-state index contributed by atoms with van der Waals surface area (Å²) in [5, 5.41) is 0. The minimum absolute atomic E-state index is 0. The molecule has 0 unspecified atom stereocenters. The van der Waals surface area contributed by atoms with Crippen LogP contribution < -0.4 is 207 Å². The predicted molar refractivity (Wildman–Crippen MR) is 127 cm³/mol. The zero-order valence-electron chi connectivity index (χ0n) is 29.8. The van der Waals surface area contributed by atoms with E-state index >= 15 is 0 Å². The van der Waals surface area contributed by atoms with Crippen molar-refractivity contribution in [1.82, 2.24) is 0 Å². The molecule has 45 heteroatoms. The molecule has 0 saturated carbocycles. The van der Waals surface area contributed by atoms with Crippen LogP contribution in [-0.2, 0) is 116 Å². The first-order valence-electron chi connectivity index (χ1n) is 11.4. The van der Waals surface area contributed by atoms with Crippen LogP contribution in [0.15, 0.2) is 0 Å². The molecule has 31 nitrogen and oxygen atoms in total. The van der Waals surface area contributed by atoms with E-state index in [2.05, 4.69) is 29.3 Å². The third-order valence-electron chi connectivity index (χ3n) is 5.33. The van der Waals surface area contributed by atoms with Gasteiger partial charge in [0.15, 0.2) is 12.4 Å². The molecule has 57 heavy (non-hydrogen) atoms. The van der Waals surface area contributed by atoms with Gasteiger partial charge in [0.25, 0.3) is 0 Å².